The topological polar surface area (TPSA) is 96.4 Å². The SMILES string of the molecule is CCOC(=O)c1ncn(C[C@](C)(N)c2cc(Br)ccc2F)c1C(=O)OCC. The van der Waals surface area contributed by atoms with Crippen molar-refractivity contribution in [3.05, 3.63) is 51.8 Å². The summed E-state index contributed by atoms with van der Waals surface area (Å²) in [7, 11) is 0. The fourth-order valence-corrected chi connectivity index (χ4v) is 3.00. The van der Waals surface area contributed by atoms with Crippen molar-refractivity contribution in [2.75, 3.05) is 13.2 Å². The average Bonchev–Trinajstić information content (AvgIpc) is 3.00. The third-order valence-corrected chi connectivity index (χ3v) is 4.31. The fraction of sp³-hybridized carbons (Fsp3) is 0.389. The molecule has 0 bridgehead atoms. The number of carbonyl (C=O) groups is 2. The van der Waals surface area contributed by atoms with Gasteiger partial charge in [0.15, 0.2) is 11.4 Å². The van der Waals surface area contributed by atoms with Gasteiger partial charge >= 0.3 is 11.9 Å². The molecule has 0 aliphatic carbocycles. The molecule has 0 radical (unpaired) electrons. The summed E-state index contributed by atoms with van der Waals surface area (Å²) >= 11 is 3.30. The van der Waals surface area contributed by atoms with Crippen LogP contribution in [0.15, 0.2) is 29.0 Å². The maximum Gasteiger partial charge on any atom is 0.359 e. The molecule has 0 fully saturated rings. The van der Waals surface area contributed by atoms with Gasteiger partial charge in [0.05, 0.1) is 25.1 Å². The molecule has 0 saturated carbocycles. The molecule has 146 valence electrons. The number of hydrogen-bond acceptors (Lipinski definition) is 6. The van der Waals surface area contributed by atoms with Gasteiger partial charge in [-0.05, 0) is 39.0 Å². The molecule has 2 aromatic rings. The van der Waals surface area contributed by atoms with E-state index in [1.807, 2.05) is 0 Å². The summed E-state index contributed by atoms with van der Waals surface area (Å²) in [5.74, 6) is -1.96. The van der Waals surface area contributed by atoms with Crippen molar-refractivity contribution in [1.82, 2.24) is 9.55 Å². The summed E-state index contributed by atoms with van der Waals surface area (Å²) in [5.41, 5.74) is 5.16. The molecule has 0 aliphatic heterocycles. The highest BCUT2D eigenvalue weighted by Gasteiger charge is 2.31. The van der Waals surface area contributed by atoms with Crippen molar-refractivity contribution in [2.24, 2.45) is 5.73 Å². The number of hydrogen-bond donors (Lipinski definition) is 1. The molecule has 1 heterocycles. The maximum absolute atomic E-state index is 14.3. The molecular formula is C18H21BrFN3O4. The van der Waals surface area contributed by atoms with Gasteiger partial charge < -0.3 is 19.8 Å². The summed E-state index contributed by atoms with van der Waals surface area (Å²) in [6, 6.07) is 4.44. The van der Waals surface area contributed by atoms with Crippen LogP contribution in [0, 0.1) is 5.82 Å². The van der Waals surface area contributed by atoms with Gasteiger partial charge in [0.25, 0.3) is 0 Å². The standard InChI is InChI=1S/C18H21BrFN3O4/c1-4-26-16(24)14-15(17(25)27-5-2)23(10-22-14)9-18(3,21)12-8-11(19)6-7-13(12)20/h6-8,10H,4-5,9,21H2,1-3H3/t18-/m0/s1. The summed E-state index contributed by atoms with van der Waals surface area (Å²) < 4.78 is 26.3. The van der Waals surface area contributed by atoms with Crippen molar-refractivity contribution in [3.63, 3.8) is 0 Å². The Bertz CT molecular complexity index is 851. The van der Waals surface area contributed by atoms with Gasteiger partial charge in [-0.3, -0.25) is 0 Å². The number of rotatable bonds is 7. The highest BCUT2D eigenvalue weighted by Crippen LogP contribution is 2.27. The molecular weight excluding hydrogens is 421 g/mol. The van der Waals surface area contributed by atoms with Crippen LogP contribution in [0.25, 0.3) is 0 Å². The lowest BCUT2D eigenvalue weighted by Gasteiger charge is -2.27. The number of carbonyl (C=O) groups excluding carboxylic acids is 2. The van der Waals surface area contributed by atoms with Crippen LogP contribution in [0.2, 0.25) is 0 Å². The zero-order valence-electron chi connectivity index (χ0n) is 15.3. The Hall–Kier alpha value is -2.26. The Balaban J connectivity index is 2.46. The lowest BCUT2D eigenvalue weighted by Crippen LogP contribution is -2.39. The Kier molecular flexibility index (Phi) is 6.72. The quantitative estimate of drug-likeness (QED) is 0.663. The Morgan fingerprint density at radius 1 is 1.26 bits per heavy atom. The van der Waals surface area contributed by atoms with Crippen LogP contribution in [0.4, 0.5) is 4.39 Å². The largest absolute Gasteiger partial charge is 0.461 e. The highest BCUT2D eigenvalue weighted by atomic mass is 79.9. The summed E-state index contributed by atoms with van der Waals surface area (Å²) in [5, 5.41) is 0. The van der Waals surface area contributed by atoms with Crippen molar-refractivity contribution in [2.45, 2.75) is 32.9 Å². The number of ether oxygens (including phenoxy) is 2. The normalized spacial score (nSPS) is 13.1. The number of halogens is 2. The zero-order chi connectivity index (χ0) is 20.2. The second kappa shape index (κ2) is 8.62. The monoisotopic (exact) mass is 441 g/mol. The van der Waals surface area contributed by atoms with E-state index in [2.05, 4.69) is 20.9 Å². The van der Waals surface area contributed by atoms with Crippen LogP contribution in [-0.4, -0.2) is 34.7 Å². The van der Waals surface area contributed by atoms with Gasteiger partial charge in [0.1, 0.15) is 5.82 Å². The predicted octanol–water partition coefficient (Wildman–Crippen LogP) is 3.01. The van der Waals surface area contributed by atoms with Crippen LogP contribution in [0.5, 0.6) is 0 Å². The van der Waals surface area contributed by atoms with Crippen LogP contribution in [-0.2, 0) is 21.6 Å². The Morgan fingerprint density at radius 2 is 1.89 bits per heavy atom. The second-order valence-electron chi connectivity index (χ2n) is 6.05. The van der Waals surface area contributed by atoms with E-state index < -0.39 is 23.3 Å². The number of esters is 2. The molecule has 0 amide bonds. The van der Waals surface area contributed by atoms with Gasteiger partial charge in [0.2, 0.25) is 0 Å². The van der Waals surface area contributed by atoms with E-state index in [-0.39, 0.29) is 36.7 Å². The molecule has 0 aliphatic rings. The predicted molar refractivity (Wildman–Crippen MR) is 99.8 cm³/mol. The molecule has 2 rings (SSSR count). The van der Waals surface area contributed by atoms with E-state index >= 15 is 0 Å². The van der Waals surface area contributed by atoms with E-state index in [1.165, 1.54) is 17.0 Å². The molecule has 1 aromatic heterocycles. The molecule has 7 nitrogen and oxygen atoms in total. The molecule has 27 heavy (non-hydrogen) atoms. The van der Waals surface area contributed by atoms with Crippen LogP contribution < -0.4 is 5.73 Å². The van der Waals surface area contributed by atoms with Crippen molar-refractivity contribution in [1.29, 1.82) is 0 Å². The molecule has 2 N–H and O–H groups in total. The minimum atomic E-state index is -1.19. The zero-order valence-corrected chi connectivity index (χ0v) is 16.9. The van der Waals surface area contributed by atoms with Crippen LogP contribution in [0.1, 0.15) is 47.3 Å². The average molecular weight is 442 g/mol. The first-order valence-corrected chi connectivity index (χ1v) is 9.14. The number of benzene rings is 1. The number of aromatic nitrogens is 2. The highest BCUT2D eigenvalue weighted by molar-refractivity contribution is 9.10. The smallest absolute Gasteiger partial charge is 0.359 e. The Morgan fingerprint density at radius 3 is 2.52 bits per heavy atom. The first kappa shape index (κ1) is 21.0. The first-order valence-electron chi connectivity index (χ1n) is 8.35. The fourth-order valence-electron chi connectivity index (χ4n) is 2.64. The lowest BCUT2D eigenvalue weighted by atomic mass is 9.92. The number of nitrogens with two attached hydrogens (primary N) is 1. The second-order valence-corrected chi connectivity index (χ2v) is 6.97. The van der Waals surface area contributed by atoms with Crippen LogP contribution in [0.3, 0.4) is 0 Å². The van der Waals surface area contributed by atoms with Gasteiger partial charge in [-0.1, -0.05) is 15.9 Å². The van der Waals surface area contributed by atoms with Gasteiger partial charge in [-0.2, -0.15) is 0 Å². The minimum Gasteiger partial charge on any atom is -0.461 e. The molecule has 1 aromatic carbocycles. The third kappa shape index (κ3) is 4.72. The maximum atomic E-state index is 14.3. The molecule has 9 heteroatoms. The summed E-state index contributed by atoms with van der Waals surface area (Å²) in [4.78, 5) is 28.5. The summed E-state index contributed by atoms with van der Waals surface area (Å²) in [6.07, 6.45) is 1.29. The van der Waals surface area contributed by atoms with E-state index in [0.29, 0.717) is 4.47 Å². The molecule has 0 spiro atoms. The third-order valence-electron chi connectivity index (χ3n) is 3.82. The number of nitrogens with zero attached hydrogens (tertiary/aromatic N) is 2. The van der Waals surface area contributed by atoms with E-state index in [1.54, 1.807) is 32.9 Å². The lowest BCUT2D eigenvalue weighted by molar-refractivity contribution is 0.0466. The molecule has 1 atom stereocenters. The molecule has 0 saturated heterocycles. The summed E-state index contributed by atoms with van der Waals surface area (Å²) in [6.45, 7) is 5.15. The van der Waals surface area contributed by atoms with E-state index in [9.17, 15) is 14.0 Å². The van der Waals surface area contributed by atoms with Crippen LogP contribution >= 0.6 is 15.9 Å². The van der Waals surface area contributed by atoms with E-state index in [4.69, 9.17) is 15.2 Å². The van der Waals surface area contributed by atoms with Gasteiger partial charge in [-0.15, -0.1) is 0 Å². The Labute approximate surface area is 164 Å². The minimum absolute atomic E-state index is 0.0130. The first-order chi connectivity index (χ1) is 12.7. The van der Waals surface area contributed by atoms with Gasteiger partial charge in [-0.25, -0.2) is 19.0 Å². The van der Waals surface area contributed by atoms with Gasteiger partial charge in [0, 0.05) is 16.6 Å². The van der Waals surface area contributed by atoms with Crippen molar-refractivity contribution in [3.8, 4) is 0 Å². The number of imidazole rings is 1. The van der Waals surface area contributed by atoms with E-state index in [0.717, 1.165) is 0 Å². The van der Waals surface area contributed by atoms with Crippen molar-refractivity contribution >= 4 is 27.9 Å². The molecule has 0 unspecified atom stereocenters. The van der Waals surface area contributed by atoms with Crippen molar-refractivity contribution < 1.29 is 23.5 Å².